The van der Waals surface area contributed by atoms with E-state index in [0.717, 1.165) is 19.0 Å². The summed E-state index contributed by atoms with van der Waals surface area (Å²) in [4.78, 5) is 9.70. The van der Waals surface area contributed by atoms with E-state index in [4.69, 9.17) is 9.47 Å². The Kier molecular flexibility index (Phi) is 7.27. The minimum absolute atomic E-state index is 0.0182. The van der Waals surface area contributed by atoms with Crippen LogP contribution in [0.3, 0.4) is 0 Å². The Morgan fingerprint density at radius 1 is 1.04 bits per heavy atom. The number of ether oxygens (including phenoxy) is 2. The van der Waals surface area contributed by atoms with E-state index in [-0.39, 0.29) is 11.8 Å². The molecular formula is C18H24F3N5O2. The summed E-state index contributed by atoms with van der Waals surface area (Å²) in [6, 6.07) is 5.77. The molecule has 1 aromatic heterocycles. The minimum atomic E-state index is -4.59. The van der Waals surface area contributed by atoms with Gasteiger partial charge in [-0.25, -0.2) is 4.98 Å². The number of rotatable bonds is 9. The van der Waals surface area contributed by atoms with Crippen LogP contribution in [0.5, 0.6) is 11.5 Å². The first-order valence-electron chi connectivity index (χ1n) is 8.57. The first kappa shape index (κ1) is 21.5. The molecule has 28 heavy (non-hydrogen) atoms. The summed E-state index contributed by atoms with van der Waals surface area (Å²) in [6.07, 6.45) is -3.85. The highest BCUT2D eigenvalue weighted by atomic mass is 19.4. The Morgan fingerprint density at radius 3 is 2.36 bits per heavy atom. The number of methoxy groups -OCH3 is 2. The lowest BCUT2D eigenvalue weighted by atomic mass is 10.2. The highest BCUT2D eigenvalue weighted by molar-refractivity contribution is 5.62. The molecule has 0 amide bonds. The van der Waals surface area contributed by atoms with Crippen LogP contribution < -0.4 is 20.1 Å². The molecule has 0 aliphatic carbocycles. The summed E-state index contributed by atoms with van der Waals surface area (Å²) in [5.74, 6) is 0.885. The SMILES string of the molecule is COc1ccc(Nc2cc(C(F)(F)F)nc(NCCCN(C)C)n2)cc1OC. The largest absolute Gasteiger partial charge is 0.493 e. The van der Waals surface area contributed by atoms with Gasteiger partial charge in [-0.1, -0.05) is 0 Å². The molecule has 0 saturated heterocycles. The molecule has 2 rings (SSSR count). The van der Waals surface area contributed by atoms with Gasteiger partial charge in [0.2, 0.25) is 5.95 Å². The van der Waals surface area contributed by atoms with Crippen molar-refractivity contribution >= 4 is 17.5 Å². The van der Waals surface area contributed by atoms with E-state index < -0.39 is 11.9 Å². The van der Waals surface area contributed by atoms with Crippen molar-refractivity contribution in [2.75, 3.05) is 52.0 Å². The molecular weight excluding hydrogens is 375 g/mol. The summed E-state index contributed by atoms with van der Waals surface area (Å²) in [7, 11) is 6.82. The summed E-state index contributed by atoms with van der Waals surface area (Å²) in [6.45, 7) is 1.25. The van der Waals surface area contributed by atoms with Gasteiger partial charge >= 0.3 is 6.18 Å². The van der Waals surface area contributed by atoms with Gasteiger partial charge in [0.05, 0.1) is 14.2 Å². The molecule has 0 spiro atoms. The molecule has 0 atom stereocenters. The number of halogens is 3. The van der Waals surface area contributed by atoms with E-state index in [1.807, 2.05) is 19.0 Å². The molecule has 0 aliphatic rings. The molecule has 1 heterocycles. The lowest BCUT2D eigenvalue weighted by Crippen LogP contribution is -2.18. The third kappa shape index (κ3) is 6.15. The van der Waals surface area contributed by atoms with Gasteiger partial charge in [-0.3, -0.25) is 0 Å². The van der Waals surface area contributed by atoms with E-state index in [1.54, 1.807) is 18.2 Å². The zero-order valence-corrected chi connectivity index (χ0v) is 16.2. The second-order valence-corrected chi connectivity index (χ2v) is 6.24. The van der Waals surface area contributed by atoms with Crippen LogP contribution in [-0.4, -0.2) is 56.3 Å². The van der Waals surface area contributed by atoms with Crippen LogP contribution in [0.15, 0.2) is 24.3 Å². The monoisotopic (exact) mass is 399 g/mol. The second kappa shape index (κ2) is 9.45. The van der Waals surface area contributed by atoms with Crippen LogP contribution in [0.4, 0.5) is 30.6 Å². The normalized spacial score (nSPS) is 11.4. The predicted octanol–water partition coefficient (Wildman–Crippen LogP) is 3.62. The van der Waals surface area contributed by atoms with Crippen LogP contribution in [-0.2, 0) is 6.18 Å². The molecule has 0 radical (unpaired) electrons. The van der Waals surface area contributed by atoms with E-state index >= 15 is 0 Å². The molecule has 10 heteroatoms. The Balaban J connectivity index is 2.23. The van der Waals surface area contributed by atoms with Crippen LogP contribution >= 0.6 is 0 Å². The zero-order chi connectivity index (χ0) is 20.7. The fourth-order valence-corrected chi connectivity index (χ4v) is 2.39. The van der Waals surface area contributed by atoms with Gasteiger partial charge in [0, 0.05) is 24.4 Å². The van der Waals surface area contributed by atoms with Crippen molar-refractivity contribution in [2.45, 2.75) is 12.6 Å². The Labute approximate surface area is 161 Å². The van der Waals surface area contributed by atoms with E-state index in [1.165, 1.54) is 14.2 Å². The molecule has 0 bridgehead atoms. The molecule has 0 unspecified atom stereocenters. The second-order valence-electron chi connectivity index (χ2n) is 6.24. The fraction of sp³-hybridized carbons (Fsp3) is 0.444. The predicted molar refractivity (Wildman–Crippen MR) is 102 cm³/mol. The van der Waals surface area contributed by atoms with E-state index in [0.29, 0.717) is 23.7 Å². The van der Waals surface area contributed by atoms with Crippen LogP contribution in [0.2, 0.25) is 0 Å². The van der Waals surface area contributed by atoms with Crippen molar-refractivity contribution in [3.8, 4) is 11.5 Å². The molecule has 0 aliphatic heterocycles. The number of nitrogens with one attached hydrogen (secondary N) is 2. The maximum Gasteiger partial charge on any atom is 0.433 e. The smallest absolute Gasteiger partial charge is 0.433 e. The van der Waals surface area contributed by atoms with Gasteiger partial charge in [-0.15, -0.1) is 0 Å². The summed E-state index contributed by atoms with van der Waals surface area (Å²) >= 11 is 0. The lowest BCUT2D eigenvalue weighted by molar-refractivity contribution is -0.141. The third-order valence-corrected chi connectivity index (χ3v) is 3.74. The van der Waals surface area contributed by atoms with Crippen LogP contribution in [0, 0.1) is 0 Å². The number of benzene rings is 1. The van der Waals surface area contributed by atoms with Crippen LogP contribution in [0.25, 0.3) is 0 Å². The molecule has 2 N–H and O–H groups in total. The topological polar surface area (TPSA) is 71.5 Å². The Bertz CT molecular complexity index is 784. The van der Waals surface area contributed by atoms with Gasteiger partial charge in [0.15, 0.2) is 17.2 Å². The van der Waals surface area contributed by atoms with Crippen molar-refractivity contribution < 1.29 is 22.6 Å². The number of nitrogens with zero attached hydrogens (tertiary/aromatic N) is 3. The van der Waals surface area contributed by atoms with Gasteiger partial charge in [-0.2, -0.15) is 18.2 Å². The van der Waals surface area contributed by atoms with Gasteiger partial charge in [0.1, 0.15) is 5.82 Å². The Morgan fingerprint density at radius 2 is 1.75 bits per heavy atom. The summed E-state index contributed by atoms with van der Waals surface area (Å²) in [5.41, 5.74) is -0.524. The summed E-state index contributed by atoms with van der Waals surface area (Å²) < 4.78 is 50.0. The first-order chi connectivity index (χ1) is 13.2. The van der Waals surface area contributed by atoms with Crippen molar-refractivity contribution in [1.29, 1.82) is 0 Å². The van der Waals surface area contributed by atoms with Crippen molar-refractivity contribution in [3.63, 3.8) is 0 Å². The van der Waals surface area contributed by atoms with Gasteiger partial charge in [0.25, 0.3) is 0 Å². The molecule has 0 fully saturated rings. The van der Waals surface area contributed by atoms with Crippen molar-refractivity contribution in [3.05, 3.63) is 30.0 Å². The standard InChI is InChI=1S/C18H24F3N5O2/c1-26(2)9-5-8-22-17-24-15(18(19,20)21)11-16(25-17)23-12-6-7-13(27-3)14(10-12)28-4/h6-7,10-11H,5,8-9H2,1-4H3,(H2,22,23,24,25). The van der Waals surface area contributed by atoms with Crippen molar-refractivity contribution in [1.82, 2.24) is 14.9 Å². The molecule has 7 nitrogen and oxygen atoms in total. The van der Waals surface area contributed by atoms with Crippen molar-refractivity contribution in [2.24, 2.45) is 0 Å². The number of aromatic nitrogens is 2. The van der Waals surface area contributed by atoms with Gasteiger partial charge < -0.3 is 25.0 Å². The maximum atomic E-state index is 13.2. The minimum Gasteiger partial charge on any atom is -0.493 e. The van der Waals surface area contributed by atoms with E-state index in [9.17, 15) is 13.2 Å². The quantitative estimate of drug-likeness (QED) is 0.624. The third-order valence-electron chi connectivity index (χ3n) is 3.74. The number of hydrogen-bond acceptors (Lipinski definition) is 7. The first-order valence-corrected chi connectivity index (χ1v) is 8.57. The zero-order valence-electron chi connectivity index (χ0n) is 16.2. The average Bonchev–Trinajstić information content (AvgIpc) is 2.64. The highest BCUT2D eigenvalue weighted by Crippen LogP contribution is 2.33. The highest BCUT2D eigenvalue weighted by Gasteiger charge is 2.33. The molecule has 2 aromatic rings. The fourth-order valence-electron chi connectivity index (χ4n) is 2.39. The van der Waals surface area contributed by atoms with Gasteiger partial charge in [-0.05, 0) is 39.2 Å². The molecule has 154 valence electrons. The molecule has 0 saturated carbocycles. The lowest BCUT2D eigenvalue weighted by Gasteiger charge is -2.14. The number of hydrogen-bond donors (Lipinski definition) is 2. The van der Waals surface area contributed by atoms with Crippen LogP contribution in [0.1, 0.15) is 12.1 Å². The number of anilines is 3. The summed E-state index contributed by atoms with van der Waals surface area (Å²) in [5, 5.41) is 5.70. The molecule has 1 aromatic carbocycles. The average molecular weight is 399 g/mol. The number of alkyl halides is 3. The maximum absolute atomic E-state index is 13.2. The Hall–Kier alpha value is -2.75. The van der Waals surface area contributed by atoms with E-state index in [2.05, 4.69) is 20.6 Å².